The predicted octanol–water partition coefficient (Wildman–Crippen LogP) is 3.13. The number of rotatable bonds is 8. The third kappa shape index (κ3) is 5.87. The van der Waals surface area contributed by atoms with E-state index in [1.807, 2.05) is 31.2 Å². The molecule has 27 heavy (non-hydrogen) atoms. The fourth-order valence-electron chi connectivity index (χ4n) is 3.31. The summed E-state index contributed by atoms with van der Waals surface area (Å²) in [5.74, 6) is 0. The van der Waals surface area contributed by atoms with E-state index in [1.165, 1.54) is 5.56 Å². The van der Waals surface area contributed by atoms with E-state index < -0.39 is 10.0 Å². The fourth-order valence-corrected chi connectivity index (χ4v) is 4.49. The number of morpholine rings is 1. The van der Waals surface area contributed by atoms with Crippen molar-refractivity contribution in [3.05, 3.63) is 65.7 Å². The first kappa shape index (κ1) is 20.0. The molecule has 0 bridgehead atoms. The average molecular weight is 389 g/mol. The summed E-state index contributed by atoms with van der Waals surface area (Å²) >= 11 is 0. The number of nitrogens with one attached hydrogen (secondary N) is 1. The van der Waals surface area contributed by atoms with Crippen molar-refractivity contribution in [1.82, 2.24) is 9.62 Å². The van der Waals surface area contributed by atoms with Crippen LogP contribution < -0.4 is 4.72 Å². The van der Waals surface area contributed by atoms with Gasteiger partial charge in [0.1, 0.15) is 0 Å². The number of aryl methyl sites for hydroxylation is 1. The van der Waals surface area contributed by atoms with Gasteiger partial charge in [0, 0.05) is 19.6 Å². The van der Waals surface area contributed by atoms with E-state index in [2.05, 4.69) is 21.8 Å². The molecule has 0 amide bonds. The van der Waals surface area contributed by atoms with E-state index in [9.17, 15) is 8.42 Å². The van der Waals surface area contributed by atoms with Gasteiger partial charge in [-0.15, -0.1) is 0 Å². The Labute approximate surface area is 162 Å². The lowest BCUT2D eigenvalue weighted by Gasteiger charge is -2.33. The van der Waals surface area contributed by atoms with E-state index in [1.54, 1.807) is 18.2 Å². The van der Waals surface area contributed by atoms with Gasteiger partial charge in [-0.3, -0.25) is 4.90 Å². The molecular formula is C21H28N2O3S. The van der Waals surface area contributed by atoms with Gasteiger partial charge >= 0.3 is 0 Å². The second kappa shape index (κ2) is 9.46. The molecule has 3 rings (SSSR count). The Morgan fingerprint density at radius 2 is 1.93 bits per heavy atom. The van der Waals surface area contributed by atoms with E-state index >= 15 is 0 Å². The van der Waals surface area contributed by atoms with Crippen LogP contribution in [0, 0.1) is 6.92 Å². The Bertz CT molecular complexity index is 824. The first-order chi connectivity index (χ1) is 13.0. The zero-order chi connectivity index (χ0) is 19.1. The smallest absolute Gasteiger partial charge is 0.240 e. The van der Waals surface area contributed by atoms with Crippen LogP contribution >= 0.6 is 0 Å². The Hall–Kier alpha value is -1.73. The summed E-state index contributed by atoms with van der Waals surface area (Å²) in [7, 11) is -3.42. The summed E-state index contributed by atoms with van der Waals surface area (Å²) in [4.78, 5) is 2.73. The van der Waals surface area contributed by atoms with Gasteiger partial charge in [0.25, 0.3) is 0 Å². The van der Waals surface area contributed by atoms with Crippen LogP contribution in [-0.4, -0.2) is 46.1 Å². The fraction of sp³-hybridized carbons (Fsp3) is 0.429. The van der Waals surface area contributed by atoms with Gasteiger partial charge in [-0.2, -0.15) is 0 Å². The molecule has 2 aromatic carbocycles. The highest BCUT2D eigenvalue weighted by atomic mass is 32.2. The summed E-state index contributed by atoms with van der Waals surface area (Å²) in [6, 6.07) is 17.3. The van der Waals surface area contributed by atoms with Crippen molar-refractivity contribution in [3.8, 4) is 0 Å². The highest BCUT2D eigenvalue weighted by Gasteiger charge is 2.21. The topological polar surface area (TPSA) is 58.6 Å². The maximum atomic E-state index is 12.3. The van der Waals surface area contributed by atoms with Crippen LogP contribution in [-0.2, 0) is 14.8 Å². The second-order valence-corrected chi connectivity index (χ2v) is 8.76. The van der Waals surface area contributed by atoms with Gasteiger partial charge in [0.05, 0.1) is 17.6 Å². The number of hydrogen-bond donors (Lipinski definition) is 1. The van der Waals surface area contributed by atoms with Gasteiger partial charge in [-0.25, -0.2) is 13.1 Å². The average Bonchev–Trinajstić information content (AvgIpc) is 2.68. The van der Waals surface area contributed by atoms with Crippen LogP contribution in [0.4, 0.5) is 0 Å². The molecule has 1 heterocycles. The molecule has 1 aliphatic heterocycles. The van der Waals surface area contributed by atoms with Crippen LogP contribution in [0.15, 0.2) is 59.5 Å². The second-order valence-electron chi connectivity index (χ2n) is 6.99. The monoisotopic (exact) mass is 388 g/mol. The molecule has 1 atom stereocenters. The van der Waals surface area contributed by atoms with E-state index in [-0.39, 0.29) is 6.10 Å². The van der Waals surface area contributed by atoms with Crippen LogP contribution in [0.25, 0.3) is 0 Å². The van der Waals surface area contributed by atoms with Crippen LogP contribution in [0.1, 0.15) is 30.1 Å². The highest BCUT2D eigenvalue weighted by molar-refractivity contribution is 7.89. The molecule has 0 saturated carbocycles. The van der Waals surface area contributed by atoms with Crippen molar-refractivity contribution in [1.29, 1.82) is 0 Å². The van der Waals surface area contributed by atoms with E-state index in [0.29, 0.717) is 11.4 Å². The van der Waals surface area contributed by atoms with E-state index in [4.69, 9.17) is 4.74 Å². The van der Waals surface area contributed by atoms with Crippen molar-refractivity contribution in [3.63, 3.8) is 0 Å². The maximum Gasteiger partial charge on any atom is 0.240 e. The Balaban J connectivity index is 1.40. The standard InChI is InChI=1S/C21H28N2O3S/c1-18-8-7-11-20(16-18)27(24,25)22-12-5-6-13-23-14-15-26-21(17-23)19-9-3-2-4-10-19/h2-4,7-11,16,21-22H,5-6,12-15,17H2,1H3/t21-/m0/s1. The largest absolute Gasteiger partial charge is 0.371 e. The minimum Gasteiger partial charge on any atom is -0.371 e. The molecule has 0 unspecified atom stereocenters. The Morgan fingerprint density at radius 3 is 2.70 bits per heavy atom. The molecule has 6 heteroatoms. The lowest BCUT2D eigenvalue weighted by Crippen LogP contribution is -2.39. The van der Waals surface area contributed by atoms with Gasteiger partial charge in [-0.1, -0.05) is 42.5 Å². The molecule has 1 fully saturated rings. The number of ether oxygens (including phenoxy) is 1. The molecule has 1 saturated heterocycles. The summed E-state index contributed by atoms with van der Waals surface area (Å²) in [6.07, 6.45) is 1.90. The normalized spacial score (nSPS) is 18.5. The van der Waals surface area contributed by atoms with Gasteiger partial charge in [0.2, 0.25) is 10.0 Å². The third-order valence-corrected chi connectivity index (χ3v) is 6.27. The van der Waals surface area contributed by atoms with Crippen molar-refractivity contribution in [2.45, 2.75) is 30.8 Å². The SMILES string of the molecule is Cc1cccc(S(=O)(=O)NCCCCN2CCO[C@H](c3ccccc3)C2)c1. The quantitative estimate of drug-likeness (QED) is 0.706. The lowest BCUT2D eigenvalue weighted by molar-refractivity contribution is -0.0303. The van der Waals surface area contributed by atoms with Crippen LogP contribution in [0.3, 0.4) is 0 Å². The molecule has 2 aromatic rings. The first-order valence-electron chi connectivity index (χ1n) is 9.50. The van der Waals surface area contributed by atoms with Crippen molar-refractivity contribution < 1.29 is 13.2 Å². The minimum absolute atomic E-state index is 0.125. The molecule has 146 valence electrons. The molecule has 0 aromatic heterocycles. The zero-order valence-electron chi connectivity index (χ0n) is 15.8. The third-order valence-electron chi connectivity index (χ3n) is 4.81. The molecule has 0 spiro atoms. The van der Waals surface area contributed by atoms with Gasteiger partial charge in [0.15, 0.2) is 0 Å². The lowest BCUT2D eigenvalue weighted by atomic mass is 10.1. The van der Waals surface area contributed by atoms with Crippen molar-refractivity contribution >= 4 is 10.0 Å². The Morgan fingerprint density at radius 1 is 1.11 bits per heavy atom. The van der Waals surface area contributed by atoms with Crippen molar-refractivity contribution in [2.24, 2.45) is 0 Å². The van der Waals surface area contributed by atoms with Gasteiger partial charge < -0.3 is 4.74 Å². The number of sulfonamides is 1. The highest BCUT2D eigenvalue weighted by Crippen LogP contribution is 2.22. The molecule has 0 radical (unpaired) electrons. The maximum absolute atomic E-state index is 12.3. The molecule has 5 nitrogen and oxygen atoms in total. The number of hydrogen-bond acceptors (Lipinski definition) is 4. The minimum atomic E-state index is -3.42. The zero-order valence-corrected chi connectivity index (χ0v) is 16.6. The van der Waals surface area contributed by atoms with Crippen LogP contribution in [0.5, 0.6) is 0 Å². The van der Waals surface area contributed by atoms with Crippen LogP contribution in [0.2, 0.25) is 0 Å². The molecule has 1 aliphatic rings. The van der Waals surface area contributed by atoms with Gasteiger partial charge in [-0.05, 0) is 49.6 Å². The summed E-state index contributed by atoms with van der Waals surface area (Å²) < 4.78 is 33.2. The van der Waals surface area contributed by atoms with E-state index in [0.717, 1.165) is 44.6 Å². The Kier molecular flexibility index (Phi) is 7.01. The molecular weight excluding hydrogens is 360 g/mol. The number of benzene rings is 2. The predicted molar refractivity (Wildman–Crippen MR) is 107 cm³/mol. The molecule has 1 N–H and O–H groups in total. The number of unbranched alkanes of at least 4 members (excludes halogenated alkanes) is 1. The van der Waals surface area contributed by atoms with Crippen molar-refractivity contribution in [2.75, 3.05) is 32.8 Å². The summed E-state index contributed by atoms with van der Waals surface area (Å²) in [5.41, 5.74) is 2.16. The number of nitrogens with zero attached hydrogens (tertiary/aromatic N) is 1. The molecule has 0 aliphatic carbocycles. The summed E-state index contributed by atoms with van der Waals surface area (Å²) in [5, 5.41) is 0. The first-order valence-corrected chi connectivity index (χ1v) is 11.0. The summed E-state index contributed by atoms with van der Waals surface area (Å²) in [6.45, 7) is 5.86.